The molecule has 0 aliphatic rings. The van der Waals surface area contributed by atoms with Gasteiger partial charge in [0.05, 0.1) is 0 Å². The number of para-hydroxylation sites is 1. The van der Waals surface area contributed by atoms with E-state index in [0.29, 0.717) is 0 Å². The predicted octanol–water partition coefficient (Wildman–Crippen LogP) is 4.71. The van der Waals surface area contributed by atoms with Crippen LogP contribution in [0.15, 0.2) is 60.7 Å². The quantitative estimate of drug-likeness (QED) is 0.568. The lowest BCUT2D eigenvalue weighted by atomic mass is 10.0. The van der Waals surface area contributed by atoms with Gasteiger partial charge in [0.25, 0.3) is 0 Å². The molecule has 0 spiro atoms. The van der Waals surface area contributed by atoms with Crippen molar-refractivity contribution in [2.24, 2.45) is 0 Å². The number of hydrogen-bond acceptors (Lipinski definition) is 3. The van der Waals surface area contributed by atoms with E-state index in [-0.39, 0.29) is 0 Å². The van der Waals surface area contributed by atoms with Crippen molar-refractivity contribution in [3.63, 3.8) is 0 Å². The Balaban J connectivity index is 0.000000219. The van der Waals surface area contributed by atoms with E-state index in [1.807, 2.05) is 69.3 Å². The van der Waals surface area contributed by atoms with Crippen LogP contribution in [-0.4, -0.2) is 0 Å². The average Bonchev–Trinajstić information content (AvgIpc) is 2.56. The maximum Gasteiger partial charge on any atom is 0.0344 e. The number of anilines is 3. The maximum absolute atomic E-state index is 5.80. The molecule has 0 bridgehead atoms. The van der Waals surface area contributed by atoms with Crippen molar-refractivity contribution in [2.75, 3.05) is 17.2 Å². The van der Waals surface area contributed by atoms with Crippen LogP contribution in [0.5, 0.6) is 0 Å². The van der Waals surface area contributed by atoms with Gasteiger partial charge in [-0.2, -0.15) is 0 Å². The molecule has 0 unspecified atom stereocenters. The second-order valence-electron chi connectivity index (χ2n) is 6.00. The Labute approximate surface area is 144 Å². The van der Waals surface area contributed by atoms with Crippen molar-refractivity contribution < 1.29 is 0 Å². The second-order valence-corrected chi connectivity index (χ2v) is 6.00. The zero-order chi connectivity index (χ0) is 17.7. The van der Waals surface area contributed by atoms with Gasteiger partial charge in [0, 0.05) is 17.1 Å². The van der Waals surface area contributed by atoms with Crippen molar-refractivity contribution in [3.05, 3.63) is 77.4 Å². The highest BCUT2D eigenvalue weighted by Crippen LogP contribution is 2.25. The van der Waals surface area contributed by atoms with Gasteiger partial charge in [0.1, 0.15) is 0 Å². The molecule has 3 nitrogen and oxygen atoms in total. The van der Waals surface area contributed by atoms with Crippen molar-refractivity contribution in [1.82, 2.24) is 0 Å². The molecule has 0 amide bonds. The molecule has 3 aromatic carbocycles. The fourth-order valence-corrected chi connectivity index (χ4v) is 2.30. The van der Waals surface area contributed by atoms with Gasteiger partial charge in [0.2, 0.25) is 0 Å². The number of benzene rings is 3. The predicted molar refractivity (Wildman–Crippen MR) is 106 cm³/mol. The minimum atomic E-state index is 0.830. The molecule has 124 valence electrons. The third-order valence-corrected chi connectivity index (χ3v) is 4.06. The summed E-state index contributed by atoms with van der Waals surface area (Å²) in [5.41, 5.74) is 25.4. The highest BCUT2D eigenvalue weighted by Gasteiger charge is 2.01. The van der Waals surface area contributed by atoms with Gasteiger partial charge >= 0.3 is 0 Å². The summed E-state index contributed by atoms with van der Waals surface area (Å²) in [5, 5.41) is 0. The first-order chi connectivity index (χ1) is 11.4. The molecule has 3 rings (SSSR count). The number of nitrogens with two attached hydrogens (primary N) is 3. The van der Waals surface area contributed by atoms with Crippen LogP contribution in [0.25, 0.3) is 11.1 Å². The Bertz CT molecular complexity index is 768. The lowest BCUT2D eigenvalue weighted by molar-refractivity contribution is 1.44. The smallest absolute Gasteiger partial charge is 0.0344 e. The summed E-state index contributed by atoms with van der Waals surface area (Å²) in [4.78, 5) is 0. The van der Waals surface area contributed by atoms with E-state index in [0.717, 1.165) is 33.8 Å². The first-order valence-corrected chi connectivity index (χ1v) is 7.92. The zero-order valence-electron chi connectivity index (χ0n) is 14.5. The van der Waals surface area contributed by atoms with Crippen LogP contribution in [-0.2, 0) is 0 Å². The van der Waals surface area contributed by atoms with Gasteiger partial charge in [-0.15, -0.1) is 0 Å². The lowest BCUT2D eigenvalue weighted by Crippen LogP contribution is -1.91. The largest absolute Gasteiger partial charge is 0.399 e. The molecule has 0 aliphatic carbocycles. The average molecular weight is 319 g/mol. The van der Waals surface area contributed by atoms with Gasteiger partial charge in [0.15, 0.2) is 0 Å². The molecule has 3 heteroatoms. The van der Waals surface area contributed by atoms with Crippen LogP contribution in [0.3, 0.4) is 0 Å². The van der Waals surface area contributed by atoms with Gasteiger partial charge in [-0.25, -0.2) is 0 Å². The molecule has 0 aliphatic heterocycles. The molecular formula is C21H25N3. The Morgan fingerprint density at radius 2 is 0.917 bits per heavy atom. The summed E-state index contributed by atoms with van der Waals surface area (Å²) in [6.07, 6.45) is 0. The van der Waals surface area contributed by atoms with Gasteiger partial charge in [-0.3, -0.25) is 0 Å². The standard InChI is InChI=1S/C14H16N2.C7H9N/c1-9-7-11(3-5-13(9)15)12-4-6-14(16)10(2)8-12;1-6-4-2-3-5-7(6)8/h3-8H,15-16H2,1-2H3;2-5H,8H2,1H3. The molecule has 0 saturated heterocycles. The molecule has 0 aromatic heterocycles. The highest BCUT2D eigenvalue weighted by atomic mass is 14.6. The van der Waals surface area contributed by atoms with E-state index in [4.69, 9.17) is 17.2 Å². The lowest BCUT2D eigenvalue weighted by Gasteiger charge is -2.07. The van der Waals surface area contributed by atoms with E-state index in [1.165, 1.54) is 11.1 Å². The van der Waals surface area contributed by atoms with Crippen molar-refractivity contribution >= 4 is 17.1 Å². The summed E-state index contributed by atoms with van der Waals surface area (Å²) in [6, 6.07) is 20.0. The van der Waals surface area contributed by atoms with Gasteiger partial charge in [-0.05, 0) is 78.9 Å². The van der Waals surface area contributed by atoms with Crippen LogP contribution in [0, 0.1) is 20.8 Å². The molecule has 0 heterocycles. The maximum atomic E-state index is 5.80. The monoisotopic (exact) mass is 319 g/mol. The molecule has 0 fully saturated rings. The summed E-state index contributed by atoms with van der Waals surface area (Å²) in [5.74, 6) is 0. The first-order valence-electron chi connectivity index (χ1n) is 7.92. The van der Waals surface area contributed by atoms with E-state index in [1.54, 1.807) is 0 Å². The fourth-order valence-electron chi connectivity index (χ4n) is 2.30. The molecule has 6 N–H and O–H groups in total. The highest BCUT2D eigenvalue weighted by molar-refractivity contribution is 5.70. The van der Waals surface area contributed by atoms with Crippen molar-refractivity contribution in [3.8, 4) is 11.1 Å². The third-order valence-electron chi connectivity index (χ3n) is 4.06. The Hall–Kier alpha value is -2.94. The Kier molecular flexibility index (Phi) is 5.48. The summed E-state index contributed by atoms with van der Waals surface area (Å²) in [7, 11) is 0. The topological polar surface area (TPSA) is 78.1 Å². The van der Waals surface area contributed by atoms with Crippen molar-refractivity contribution in [1.29, 1.82) is 0 Å². The fraction of sp³-hybridized carbons (Fsp3) is 0.143. The first kappa shape index (κ1) is 17.4. The van der Waals surface area contributed by atoms with Gasteiger partial charge in [-0.1, -0.05) is 30.3 Å². The van der Waals surface area contributed by atoms with Crippen LogP contribution in [0.2, 0.25) is 0 Å². The SMILES string of the molecule is Cc1cc(-c2ccc(N)c(C)c2)ccc1N.Cc1ccccc1N. The molecule has 24 heavy (non-hydrogen) atoms. The van der Waals surface area contributed by atoms with E-state index in [9.17, 15) is 0 Å². The van der Waals surface area contributed by atoms with Crippen LogP contribution in [0.1, 0.15) is 16.7 Å². The van der Waals surface area contributed by atoms with E-state index < -0.39 is 0 Å². The minimum absolute atomic E-state index is 0.830. The number of rotatable bonds is 1. The normalized spacial score (nSPS) is 9.96. The molecular weight excluding hydrogens is 294 g/mol. The van der Waals surface area contributed by atoms with Crippen LogP contribution in [0.4, 0.5) is 17.1 Å². The Morgan fingerprint density at radius 3 is 1.25 bits per heavy atom. The number of hydrogen-bond donors (Lipinski definition) is 3. The molecule has 0 atom stereocenters. The van der Waals surface area contributed by atoms with E-state index in [2.05, 4.69) is 12.1 Å². The summed E-state index contributed by atoms with van der Waals surface area (Å²) < 4.78 is 0. The van der Waals surface area contributed by atoms with Crippen LogP contribution < -0.4 is 17.2 Å². The van der Waals surface area contributed by atoms with Gasteiger partial charge < -0.3 is 17.2 Å². The molecule has 0 radical (unpaired) electrons. The summed E-state index contributed by atoms with van der Waals surface area (Å²) in [6.45, 7) is 6.03. The Morgan fingerprint density at radius 1 is 0.500 bits per heavy atom. The second kappa shape index (κ2) is 7.55. The van der Waals surface area contributed by atoms with Crippen molar-refractivity contribution in [2.45, 2.75) is 20.8 Å². The summed E-state index contributed by atoms with van der Waals surface area (Å²) >= 11 is 0. The molecule has 3 aromatic rings. The van der Waals surface area contributed by atoms with E-state index >= 15 is 0 Å². The number of nitrogen functional groups attached to an aromatic ring is 3. The number of aryl methyl sites for hydroxylation is 3. The van der Waals surface area contributed by atoms with Crippen LogP contribution >= 0.6 is 0 Å². The zero-order valence-corrected chi connectivity index (χ0v) is 14.5. The third kappa shape index (κ3) is 4.29. The minimum Gasteiger partial charge on any atom is -0.399 e. The molecule has 0 saturated carbocycles.